The maximum Gasteiger partial charge on any atom is 0.220 e. The van der Waals surface area contributed by atoms with Crippen LogP contribution in [0.5, 0.6) is 0 Å². The molecule has 1 amide bonds. The molecule has 1 aliphatic heterocycles. The average Bonchev–Trinajstić information content (AvgIpc) is 2.87. The summed E-state index contributed by atoms with van der Waals surface area (Å²) in [7, 11) is 0. The molecule has 3 nitrogen and oxygen atoms in total. The molecule has 1 atom stereocenters. The van der Waals surface area contributed by atoms with Crippen molar-refractivity contribution in [2.24, 2.45) is 0 Å². The van der Waals surface area contributed by atoms with Crippen LogP contribution in [0.25, 0.3) is 0 Å². The Hall–Kier alpha value is -0.580. The number of benzene rings is 1. The summed E-state index contributed by atoms with van der Waals surface area (Å²) in [6, 6.07) is 8.58. The van der Waals surface area contributed by atoms with Crippen LogP contribution in [-0.2, 0) is 11.2 Å². The lowest BCUT2D eigenvalue weighted by Gasteiger charge is -2.11. The summed E-state index contributed by atoms with van der Waals surface area (Å²) in [6.45, 7) is 1.84. The van der Waals surface area contributed by atoms with Crippen LogP contribution in [0.4, 0.5) is 0 Å². The quantitative estimate of drug-likeness (QED) is 0.860. The molecule has 2 rings (SSSR count). The van der Waals surface area contributed by atoms with E-state index in [1.54, 1.807) is 0 Å². The molecule has 1 aromatic carbocycles. The van der Waals surface area contributed by atoms with Gasteiger partial charge in [0.25, 0.3) is 0 Å². The van der Waals surface area contributed by atoms with Gasteiger partial charge in [-0.1, -0.05) is 28.1 Å². The Balaban J connectivity index is 0.00000180. The van der Waals surface area contributed by atoms with Crippen LogP contribution in [0.3, 0.4) is 0 Å². The third-order valence-corrected chi connectivity index (χ3v) is 3.73. The fraction of sp³-hybridized carbons (Fsp3) is 0.500. The fourth-order valence-electron chi connectivity index (χ4n) is 2.21. The number of amides is 1. The van der Waals surface area contributed by atoms with Gasteiger partial charge >= 0.3 is 0 Å². The monoisotopic (exact) mass is 346 g/mol. The number of rotatable bonds is 5. The Morgan fingerprint density at radius 1 is 1.47 bits per heavy atom. The lowest BCUT2D eigenvalue weighted by atomic mass is 10.1. The highest BCUT2D eigenvalue weighted by Crippen LogP contribution is 2.13. The maximum absolute atomic E-state index is 11.7. The van der Waals surface area contributed by atoms with E-state index in [1.165, 1.54) is 18.4 Å². The minimum Gasteiger partial charge on any atom is -0.355 e. The normalized spacial score (nSPS) is 17.8. The summed E-state index contributed by atoms with van der Waals surface area (Å²) in [5, 5.41) is 6.37. The maximum atomic E-state index is 11.7. The van der Waals surface area contributed by atoms with E-state index < -0.39 is 0 Å². The number of hydrogen-bond acceptors (Lipinski definition) is 2. The van der Waals surface area contributed by atoms with E-state index in [0.29, 0.717) is 12.5 Å². The SMILES string of the molecule is Cl.O=C(CCc1cccc(Br)c1)NCC1CCCN1. The number of halogens is 2. The number of nitrogens with one attached hydrogen (secondary N) is 2. The first-order chi connectivity index (χ1) is 8.74. The van der Waals surface area contributed by atoms with Gasteiger partial charge in [-0.05, 0) is 43.5 Å². The first kappa shape index (κ1) is 16.5. The highest BCUT2D eigenvalue weighted by atomic mass is 79.9. The van der Waals surface area contributed by atoms with E-state index in [9.17, 15) is 4.79 Å². The molecular formula is C14H20BrClN2O. The van der Waals surface area contributed by atoms with Gasteiger partial charge in [-0.2, -0.15) is 0 Å². The van der Waals surface area contributed by atoms with Gasteiger partial charge in [-0.3, -0.25) is 4.79 Å². The summed E-state index contributed by atoms with van der Waals surface area (Å²) in [4.78, 5) is 11.7. The Morgan fingerprint density at radius 3 is 3.00 bits per heavy atom. The molecule has 1 aromatic rings. The van der Waals surface area contributed by atoms with Gasteiger partial charge in [0.1, 0.15) is 0 Å². The van der Waals surface area contributed by atoms with Gasteiger partial charge in [-0.15, -0.1) is 12.4 Å². The van der Waals surface area contributed by atoms with Crippen molar-refractivity contribution in [3.8, 4) is 0 Å². The van der Waals surface area contributed by atoms with Crippen LogP contribution in [0, 0.1) is 0 Å². The van der Waals surface area contributed by atoms with E-state index in [0.717, 1.165) is 24.0 Å². The van der Waals surface area contributed by atoms with Crippen molar-refractivity contribution < 1.29 is 4.79 Å². The average molecular weight is 348 g/mol. The van der Waals surface area contributed by atoms with E-state index in [-0.39, 0.29) is 18.3 Å². The Bertz CT molecular complexity index is 408. The van der Waals surface area contributed by atoms with Crippen molar-refractivity contribution >= 4 is 34.2 Å². The smallest absolute Gasteiger partial charge is 0.220 e. The molecule has 1 unspecified atom stereocenters. The summed E-state index contributed by atoms with van der Waals surface area (Å²) < 4.78 is 1.07. The van der Waals surface area contributed by atoms with E-state index in [1.807, 2.05) is 12.1 Å². The van der Waals surface area contributed by atoms with Crippen molar-refractivity contribution in [2.45, 2.75) is 31.7 Å². The zero-order chi connectivity index (χ0) is 12.8. The second-order valence-corrected chi connectivity index (χ2v) is 5.64. The Kier molecular flexibility index (Phi) is 7.42. The second-order valence-electron chi connectivity index (χ2n) is 4.73. The zero-order valence-electron chi connectivity index (χ0n) is 10.8. The van der Waals surface area contributed by atoms with Crippen molar-refractivity contribution in [3.05, 3.63) is 34.3 Å². The van der Waals surface area contributed by atoms with Gasteiger partial charge in [0, 0.05) is 23.5 Å². The van der Waals surface area contributed by atoms with Gasteiger partial charge in [-0.25, -0.2) is 0 Å². The molecule has 5 heteroatoms. The third-order valence-electron chi connectivity index (χ3n) is 3.24. The second kappa shape index (κ2) is 8.56. The van der Waals surface area contributed by atoms with E-state index in [2.05, 4.69) is 38.7 Å². The Morgan fingerprint density at radius 2 is 2.32 bits per heavy atom. The Labute approximate surface area is 129 Å². The minimum absolute atomic E-state index is 0. The van der Waals surface area contributed by atoms with Crippen molar-refractivity contribution in [1.82, 2.24) is 10.6 Å². The molecule has 1 aliphatic rings. The highest BCUT2D eigenvalue weighted by molar-refractivity contribution is 9.10. The number of carbonyl (C=O) groups is 1. The number of aryl methyl sites for hydroxylation is 1. The molecule has 1 saturated heterocycles. The van der Waals surface area contributed by atoms with E-state index in [4.69, 9.17) is 0 Å². The summed E-state index contributed by atoms with van der Waals surface area (Å²) in [6.07, 6.45) is 3.75. The molecule has 0 saturated carbocycles. The number of carbonyl (C=O) groups excluding carboxylic acids is 1. The zero-order valence-corrected chi connectivity index (χ0v) is 13.2. The largest absolute Gasteiger partial charge is 0.355 e. The lowest BCUT2D eigenvalue weighted by Crippen LogP contribution is -2.37. The van der Waals surface area contributed by atoms with Gasteiger partial charge in [0.05, 0.1) is 0 Å². The molecule has 0 spiro atoms. The molecule has 1 heterocycles. The van der Waals surface area contributed by atoms with Crippen LogP contribution in [0.1, 0.15) is 24.8 Å². The van der Waals surface area contributed by atoms with Gasteiger partial charge < -0.3 is 10.6 Å². The van der Waals surface area contributed by atoms with Crippen LogP contribution in [0.15, 0.2) is 28.7 Å². The molecule has 0 aliphatic carbocycles. The number of hydrogen-bond donors (Lipinski definition) is 2. The third kappa shape index (κ3) is 5.93. The molecule has 2 N–H and O–H groups in total. The predicted octanol–water partition coefficient (Wildman–Crippen LogP) is 2.67. The highest BCUT2D eigenvalue weighted by Gasteiger charge is 2.14. The van der Waals surface area contributed by atoms with Gasteiger partial charge in [0.15, 0.2) is 0 Å². The summed E-state index contributed by atoms with van der Waals surface area (Å²) >= 11 is 3.44. The molecule has 19 heavy (non-hydrogen) atoms. The van der Waals surface area contributed by atoms with Crippen LogP contribution in [0.2, 0.25) is 0 Å². The first-order valence-electron chi connectivity index (χ1n) is 6.48. The predicted molar refractivity (Wildman–Crippen MR) is 83.7 cm³/mol. The van der Waals surface area contributed by atoms with Crippen LogP contribution in [-0.4, -0.2) is 25.0 Å². The minimum atomic E-state index is 0. The molecule has 0 radical (unpaired) electrons. The van der Waals surface area contributed by atoms with Crippen molar-refractivity contribution in [2.75, 3.05) is 13.1 Å². The first-order valence-corrected chi connectivity index (χ1v) is 7.28. The van der Waals surface area contributed by atoms with Crippen molar-refractivity contribution in [1.29, 1.82) is 0 Å². The molecule has 106 valence electrons. The fourth-order valence-corrected chi connectivity index (χ4v) is 2.65. The lowest BCUT2D eigenvalue weighted by molar-refractivity contribution is -0.121. The summed E-state index contributed by atoms with van der Waals surface area (Å²) in [5.74, 6) is 0.142. The van der Waals surface area contributed by atoms with E-state index >= 15 is 0 Å². The van der Waals surface area contributed by atoms with Crippen LogP contribution >= 0.6 is 28.3 Å². The molecule has 1 fully saturated rings. The molecular weight excluding hydrogens is 328 g/mol. The molecule has 0 aromatic heterocycles. The molecule has 0 bridgehead atoms. The summed E-state index contributed by atoms with van der Waals surface area (Å²) in [5.41, 5.74) is 1.19. The topological polar surface area (TPSA) is 41.1 Å². The van der Waals surface area contributed by atoms with Crippen LogP contribution < -0.4 is 10.6 Å². The van der Waals surface area contributed by atoms with Gasteiger partial charge in [0.2, 0.25) is 5.91 Å². The van der Waals surface area contributed by atoms with Crippen molar-refractivity contribution in [3.63, 3.8) is 0 Å². The standard InChI is InChI=1S/C14H19BrN2O.ClH/c15-12-4-1-3-11(9-12)6-7-14(18)17-10-13-5-2-8-16-13;/h1,3-4,9,13,16H,2,5-8,10H2,(H,17,18);1H.